The second-order valence-electron chi connectivity index (χ2n) is 16.6. The zero-order chi connectivity index (χ0) is 39.7. The SMILES string of the molecule is C[Si](C)(C)c1ccc2c3ccc(-c4[c-]c5cc(c4)c4cccc(c4)c4cccc(c4)c4cccc(c4)c4cccc(c4)c4ccnc5c4)[c-]c3n(-c3ccccn3)c2c1.[Pt+2]. The van der Waals surface area contributed by atoms with Crippen LogP contribution < -0.4 is 5.19 Å². The Bertz CT molecular complexity index is 3460. The molecule has 8 aromatic carbocycles. The Kier molecular flexibility index (Phi) is 9.43. The van der Waals surface area contributed by atoms with Crippen LogP contribution in [0.1, 0.15) is 0 Å². The first kappa shape index (κ1) is 37.8. The summed E-state index contributed by atoms with van der Waals surface area (Å²) in [5, 5.41) is 16.2. The maximum absolute atomic E-state index is 4.97. The minimum absolute atomic E-state index is 0. The van der Waals surface area contributed by atoms with E-state index in [-0.39, 0.29) is 21.1 Å². The number of benzene rings is 7. The summed E-state index contributed by atoms with van der Waals surface area (Å²) >= 11 is 0. The summed E-state index contributed by atoms with van der Waals surface area (Å²) in [7, 11) is -1.59. The third-order valence-corrected chi connectivity index (χ3v) is 13.8. The van der Waals surface area contributed by atoms with E-state index in [0.29, 0.717) is 0 Å². The number of fused-ring (bicyclic) bond motifs is 21. The van der Waals surface area contributed by atoms with Crippen LogP contribution in [0.4, 0.5) is 0 Å². The van der Waals surface area contributed by atoms with Crippen molar-refractivity contribution < 1.29 is 21.1 Å². The summed E-state index contributed by atoms with van der Waals surface area (Å²) in [4.78, 5) is 9.82. The van der Waals surface area contributed by atoms with Crippen molar-refractivity contribution in [2.24, 2.45) is 0 Å². The van der Waals surface area contributed by atoms with Gasteiger partial charge in [0.05, 0.1) is 8.07 Å². The molecule has 0 unspecified atom stereocenters. The Hall–Kier alpha value is -6.45. The quantitative estimate of drug-likeness (QED) is 0.130. The first-order valence-corrected chi connectivity index (χ1v) is 23.7. The smallest absolute Gasteiger partial charge is 0.313 e. The molecule has 0 aliphatic heterocycles. The van der Waals surface area contributed by atoms with E-state index in [0.717, 1.165) is 71.2 Å². The van der Waals surface area contributed by atoms with Gasteiger partial charge in [0.15, 0.2) is 0 Å². The molecule has 0 aliphatic rings. The normalized spacial score (nSPS) is 11.8. The van der Waals surface area contributed by atoms with Gasteiger partial charge in [0, 0.05) is 23.4 Å². The van der Waals surface area contributed by atoms with Crippen molar-refractivity contribution >= 4 is 99.8 Å². The summed E-state index contributed by atoms with van der Waals surface area (Å²) in [6.07, 6.45) is 3.79. The van der Waals surface area contributed by atoms with Gasteiger partial charge in [-0.25, -0.2) is 10.5 Å². The average molecular weight is 965 g/mol. The number of rotatable bonds is 3. The van der Waals surface area contributed by atoms with Gasteiger partial charge in [-0.2, -0.15) is 29.8 Å². The van der Waals surface area contributed by atoms with Crippen LogP contribution in [-0.4, -0.2) is 22.6 Å². The molecule has 0 aliphatic carbocycles. The molecule has 288 valence electrons. The third kappa shape index (κ3) is 6.76. The maximum Gasteiger partial charge on any atom is 2.00 e. The Morgan fingerprint density at radius 1 is 0.433 bits per heavy atom. The van der Waals surface area contributed by atoms with Crippen LogP contribution in [0, 0.1) is 12.1 Å². The van der Waals surface area contributed by atoms with Gasteiger partial charge in [-0.05, 0) is 108 Å². The standard InChI is InChI=1S/C55H39N3Si.Pt/c1-59(2,3)49-20-22-51-50-21-19-44(34-53(50)58(54(51)35-49)55-18-4-5-24-57-55)47-30-46-31-48(32-47)52-33-45(23-25-56-52)42-16-8-14-40(28-42)38-12-6-10-36(26-38)37-11-7-13-39(27-37)41-15-9-17-43(46)29-41;/h4-31,33,35H,1-3H3;/q-2;+2. The Morgan fingerprint density at radius 3 is 1.57 bits per heavy atom. The molecule has 3 aromatic heterocycles. The largest absolute Gasteiger partial charge is 2.00 e. The molecule has 0 amide bonds. The van der Waals surface area contributed by atoms with Crippen LogP contribution in [0.3, 0.4) is 0 Å². The van der Waals surface area contributed by atoms with Crippen molar-refractivity contribution in [2.75, 3.05) is 0 Å². The summed E-state index contributed by atoms with van der Waals surface area (Å²) in [5.74, 6) is 0.880. The Labute approximate surface area is 364 Å². The van der Waals surface area contributed by atoms with Crippen LogP contribution >= 0.6 is 0 Å². The Balaban J connectivity index is 0.00000433. The van der Waals surface area contributed by atoms with Crippen LogP contribution in [0.15, 0.2) is 182 Å². The van der Waals surface area contributed by atoms with E-state index in [2.05, 4.69) is 200 Å². The molecule has 3 nitrogen and oxygen atoms in total. The van der Waals surface area contributed by atoms with E-state index < -0.39 is 8.07 Å². The molecule has 0 saturated heterocycles. The fourth-order valence-electron chi connectivity index (χ4n) is 8.58. The molecule has 60 heavy (non-hydrogen) atoms. The first-order chi connectivity index (χ1) is 28.8. The van der Waals surface area contributed by atoms with Gasteiger partial charge in [0.2, 0.25) is 0 Å². The van der Waals surface area contributed by atoms with Crippen molar-refractivity contribution in [1.29, 1.82) is 0 Å². The minimum Gasteiger partial charge on any atom is -0.313 e. The van der Waals surface area contributed by atoms with Gasteiger partial charge >= 0.3 is 21.1 Å². The fraction of sp³-hybridized carbons (Fsp3) is 0.0545. The van der Waals surface area contributed by atoms with E-state index in [1.165, 1.54) is 37.5 Å². The molecule has 11 aromatic rings. The zero-order valence-electron chi connectivity index (χ0n) is 33.5. The number of hydrogen-bond donors (Lipinski definition) is 0. The number of nitrogens with zero attached hydrogens (tertiary/aromatic N) is 3. The maximum atomic E-state index is 4.97. The van der Waals surface area contributed by atoms with E-state index >= 15 is 0 Å². The fourth-order valence-corrected chi connectivity index (χ4v) is 9.73. The minimum atomic E-state index is -1.59. The molecular weight excluding hydrogens is 926 g/mol. The summed E-state index contributed by atoms with van der Waals surface area (Å²) < 4.78 is 2.28. The molecule has 5 heteroatoms. The monoisotopic (exact) mass is 964 g/mol. The van der Waals surface area contributed by atoms with Gasteiger partial charge in [-0.3, -0.25) is 4.98 Å². The predicted octanol–water partition coefficient (Wildman–Crippen LogP) is 14.0. The van der Waals surface area contributed by atoms with E-state index in [1.807, 2.05) is 18.5 Å². The van der Waals surface area contributed by atoms with Crippen LogP contribution in [0.2, 0.25) is 19.6 Å². The van der Waals surface area contributed by atoms with Crippen LogP contribution in [0.25, 0.3) is 104 Å². The van der Waals surface area contributed by atoms with E-state index in [1.54, 1.807) is 0 Å². The molecular formula is C55H39N3PtSi. The number of pyridine rings is 2. The van der Waals surface area contributed by atoms with Crippen molar-refractivity contribution in [3.63, 3.8) is 0 Å². The second-order valence-corrected chi connectivity index (χ2v) is 21.7. The van der Waals surface area contributed by atoms with Crippen LogP contribution in [0.5, 0.6) is 0 Å². The molecule has 0 spiro atoms. The van der Waals surface area contributed by atoms with Crippen molar-refractivity contribution in [3.05, 3.63) is 194 Å². The van der Waals surface area contributed by atoms with Crippen molar-refractivity contribution in [3.8, 4) is 16.9 Å². The van der Waals surface area contributed by atoms with Gasteiger partial charge in [0.25, 0.3) is 0 Å². The van der Waals surface area contributed by atoms with Gasteiger partial charge in [-0.1, -0.05) is 133 Å². The average Bonchev–Trinajstić information content (AvgIpc) is 3.62. The molecule has 0 N–H and O–H groups in total. The van der Waals surface area contributed by atoms with Crippen LogP contribution in [-0.2, 0) is 21.1 Å². The number of hydrogen-bond acceptors (Lipinski definition) is 2. The van der Waals surface area contributed by atoms with Gasteiger partial charge in [0.1, 0.15) is 5.82 Å². The number of aromatic nitrogens is 3. The molecule has 3 heterocycles. The van der Waals surface area contributed by atoms with Crippen molar-refractivity contribution in [1.82, 2.24) is 14.5 Å². The Morgan fingerprint density at radius 2 is 1.00 bits per heavy atom. The summed E-state index contributed by atoms with van der Waals surface area (Å²) in [6, 6.07) is 69.5. The topological polar surface area (TPSA) is 30.7 Å². The zero-order valence-corrected chi connectivity index (χ0v) is 36.8. The summed E-state index contributed by atoms with van der Waals surface area (Å²) in [6.45, 7) is 7.20. The molecule has 0 saturated carbocycles. The third-order valence-electron chi connectivity index (χ3n) is 11.7. The molecule has 0 atom stereocenters. The van der Waals surface area contributed by atoms with Crippen molar-refractivity contribution in [2.45, 2.75) is 19.6 Å². The summed E-state index contributed by atoms with van der Waals surface area (Å²) in [5.41, 5.74) is 4.93. The molecule has 0 fully saturated rings. The molecule has 12 bridgehead atoms. The van der Waals surface area contributed by atoms with E-state index in [9.17, 15) is 0 Å². The molecule has 11 rings (SSSR count). The molecule has 0 radical (unpaired) electrons. The predicted molar refractivity (Wildman–Crippen MR) is 254 cm³/mol. The van der Waals surface area contributed by atoms with Gasteiger partial charge in [-0.15, -0.1) is 17.5 Å². The second kappa shape index (κ2) is 15.0. The van der Waals surface area contributed by atoms with Gasteiger partial charge < -0.3 is 4.57 Å². The van der Waals surface area contributed by atoms with E-state index in [4.69, 9.17) is 9.97 Å². The first-order valence-electron chi connectivity index (χ1n) is 20.2.